The van der Waals surface area contributed by atoms with Crippen molar-refractivity contribution in [2.45, 2.75) is 46.0 Å². The molecule has 1 amide bonds. The summed E-state index contributed by atoms with van der Waals surface area (Å²) in [6.45, 7) is 5.98. The number of amides is 1. The van der Waals surface area contributed by atoms with E-state index in [2.05, 4.69) is 29.0 Å². The van der Waals surface area contributed by atoms with Crippen molar-refractivity contribution in [1.82, 2.24) is 20.1 Å². The Bertz CT molecular complexity index is 393. The van der Waals surface area contributed by atoms with Crippen LogP contribution in [0.25, 0.3) is 0 Å². The van der Waals surface area contributed by atoms with Crippen molar-refractivity contribution in [2.75, 3.05) is 13.1 Å². The smallest absolute Gasteiger partial charge is 0.293 e. The Morgan fingerprint density at radius 1 is 1.39 bits per heavy atom. The molecule has 1 aromatic rings. The lowest BCUT2D eigenvalue weighted by Crippen LogP contribution is -2.38. The maximum absolute atomic E-state index is 12.2. The van der Waals surface area contributed by atoms with Crippen LogP contribution < -0.4 is 0 Å². The molecule has 0 bridgehead atoms. The number of carbonyl (C=O) groups excluding carboxylic acids is 1. The van der Waals surface area contributed by atoms with Crippen LogP contribution in [0.2, 0.25) is 0 Å². The monoisotopic (exact) mass is 250 g/mol. The third-order valence-corrected chi connectivity index (χ3v) is 3.69. The minimum atomic E-state index is -0.0249. The highest BCUT2D eigenvalue weighted by atomic mass is 16.2. The number of nitrogens with one attached hydrogen (secondary N) is 1. The minimum absolute atomic E-state index is 0.0249. The molecule has 5 heteroatoms. The first-order valence-electron chi connectivity index (χ1n) is 6.95. The van der Waals surface area contributed by atoms with Crippen LogP contribution in [-0.2, 0) is 6.42 Å². The summed E-state index contributed by atoms with van der Waals surface area (Å²) in [4.78, 5) is 18.3. The molecule has 0 saturated carbocycles. The number of piperidine rings is 1. The number of rotatable bonds is 4. The molecule has 100 valence electrons. The van der Waals surface area contributed by atoms with Crippen LogP contribution >= 0.6 is 0 Å². The first-order valence-corrected chi connectivity index (χ1v) is 6.95. The molecule has 0 aromatic carbocycles. The second-order valence-corrected chi connectivity index (χ2v) is 5.00. The van der Waals surface area contributed by atoms with Crippen LogP contribution in [0.4, 0.5) is 0 Å². The highest BCUT2D eigenvalue weighted by molar-refractivity contribution is 5.90. The van der Waals surface area contributed by atoms with E-state index in [1.807, 2.05) is 4.90 Å². The molecule has 18 heavy (non-hydrogen) atoms. The van der Waals surface area contributed by atoms with Gasteiger partial charge in [0.2, 0.25) is 5.82 Å². The fraction of sp³-hybridized carbons (Fsp3) is 0.769. The highest BCUT2D eigenvalue weighted by Gasteiger charge is 2.25. The van der Waals surface area contributed by atoms with E-state index in [-0.39, 0.29) is 5.91 Å². The molecule has 1 fully saturated rings. The van der Waals surface area contributed by atoms with Crippen LogP contribution in [0.1, 0.15) is 56.0 Å². The number of H-pyrrole nitrogens is 1. The molecule has 2 heterocycles. The van der Waals surface area contributed by atoms with Crippen molar-refractivity contribution in [3.05, 3.63) is 11.6 Å². The van der Waals surface area contributed by atoms with Gasteiger partial charge in [0.15, 0.2) is 0 Å². The van der Waals surface area contributed by atoms with Crippen LogP contribution in [0, 0.1) is 5.92 Å². The lowest BCUT2D eigenvalue weighted by Gasteiger charge is -2.30. The number of aromatic amines is 1. The van der Waals surface area contributed by atoms with Crippen LogP contribution in [-0.4, -0.2) is 39.1 Å². The van der Waals surface area contributed by atoms with Crippen LogP contribution in [0.3, 0.4) is 0 Å². The first-order chi connectivity index (χ1) is 8.74. The van der Waals surface area contributed by atoms with Gasteiger partial charge in [-0.15, -0.1) is 5.10 Å². The number of nitrogens with zero attached hydrogens (tertiary/aromatic N) is 3. The van der Waals surface area contributed by atoms with Gasteiger partial charge in [-0.05, 0) is 25.2 Å². The zero-order valence-corrected chi connectivity index (χ0v) is 11.3. The minimum Gasteiger partial charge on any atom is -0.336 e. The van der Waals surface area contributed by atoms with Crippen LogP contribution in [0.5, 0.6) is 0 Å². The van der Waals surface area contributed by atoms with E-state index in [0.29, 0.717) is 5.82 Å². The summed E-state index contributed by atoms with van der Waals surface area (Å²) in [6, 6.07) is 0. The van der Waals surface area contributed by atoms with Gasteiger partial charge in [0, 0.05) is 19.5 Å². The van der Waals surface area contributed by atoms with Crippen molar-refractivity contribution in [3.8, 4) is 0 Å². The van der Waals surface area contributed by atoms with E-state index in [0.717, 1.165) is 50.5 Å². The molecule has 1 aliphatic rings. The van der Waals surface area contributed by atoms with Gasteiger partial charge in [0.05, 0.1) is 0 Å². The van der Waals surface area contributed by atoms with E-state index in [4.69, 9.17) is 0 Å². The molecule has 0 unspecified atom stereocenters. The zero-order valence-electron chi connectivity index (χ0n) is 11.3. The highest BCUT2D eigenvalue weighted by Crippen LogP contribution is 2.20. The molecule has 0 spiro atoms. The van der Waals surface area contributed by atoms with Gasteiger partial charge >= 0.3 is 0 Å². The fourth-order valence-corrected chi connectivity index (χ4v) is 2.43. The normalized spacial score (nSPS) is 17.1. The van der Waals surface area contributed by atoms with Crippen molar-refractivity contribution >= 4 is 5.91 Å². The number of aryl methyl sites for hydroxylation is 1. The van der Waals surface area contributed by atoms with Gasteiger partial charge in [0.1, 0.15) is 5.82 Å². The Balaban J connectivity index is 1.94. The summed E-state index contributed by atoms with van der Waals surface area (Å²) in [7, 11) is 0. The fourth-order valence-electron chi connectivity index (χ4n) is 2.43. The van der Waals surface area contributed by atoms with Crippen molar-refractivity contribution in [1.29, 1.82) is 0 Å². The van der Waals surface area contributed by atoms with Gasteiger partial charge in [-0.25, -0.2) is 4.98 Å². The molecule has 5 nitrogen and oxygen atoms in total. The van der Waals surface area contributed by atoms with Gasteiger partial charge in [-0.3, -0.25) is 9.89 Å². The summed E-state index contributed by atoms with van der Waals surface area (Å²) in [6.07, 6.45) is 5.27. The maximum Gasteiger partial charge on any atom is 0.293 e. The third kappa shape index (κ3) is 2.89. The third-order valence-electron chi connectivity index (χ3n) is 3.69. The Labute approximate surface area is 108 Å². The van der Waals surface area contributed by atoms with E-state index in [9.17, 15) is 4.79 Å². The number of likely N-dealkylation sites (tertiary alicyclic amines) is 1. The molecular weight excluding hydrogens is 228 g/mol. The summed E-state index contributed by atoms with van der Waals surface area (Å²) < 4.78 is 0. The molecule has 0 radical (unpaired) electrons. The Kier molecular flexibility index (Phi) is 4.33. The Morgan fingerprint density at radius 2 is 2.11 bits per heavy atom. The van der Waals surface area contributed by atoms with Gasteiger partial charge in [0.25, 0.3) is 5.91 Å². The average Bonchev–Trinajstić information content (AvgIpc) is 2.87. The van der Waals surface area contributed by atoms with E-state index < -0.39 is 0 Å². The molecule has 1 aliphatic heterocycles. The van der Waals surface area contributed by atoms with E-state index in [1.54, 1.807) is 0 Å². The maximum atomic E-state index is 12.2. The predicted octanol–water partition coefficient (Wildman–Crippen LogP) is 2.02. The van der Waals surface area contributed by atoms with Gasteiger partial charge in [-0.1, -0.05) is 20.3 Å². The quantitative estimate of drug-likeness (QED) is 0.889. The largest absolute Gasteiger partial charge is 0.336 e. The van der Waals surface area contributed by atoms with Crippen molar-refractivity contribution in [2.24, 2.45) is 5.92 Å². The summed E-state index contributed by atoms with van der Waals surface area (Å²) in [5.41, 5.74) is 0. The number of hydrogen-bond donors (Lipinski definition) is 1. The first kappa shape index (κ1) is 13.1. The summed E-state index contributed by atoms with van der Waals surface area (Å²) in [5, 5.41) is 6.86. The van der Waals surface area contributed by atoms with Crippen molar-refractivity contribution in [3.63, 3.8) is 0 Å². The van der Waals surface area contributed by atoms with Gasteiger partial charge < -0.3 is 4.90 Å². The molecule has 1 aromatic heterocycles. The second-order valence-electron chi connectivity index (χ2n) is 5.00. The second kappa shape index (κ2) is 5.98. The lowest BCUT2D eigenvalue weighted by molar-refractivity contribution is 0.0677. The standard InChI is InChI=1S/C13H22N4O/c1-3-5-11-14-12(16-15-11)13(18)17-8-6-10(4-2)7-9-17/h10H,3-9H2,1-2H3,(H,14,15,16). The SMILES string of the molecule is CCCc1nc(C(=O)N2CCC(CC)CC2)n[nH]1. The topological polar surface area (TPSA) is 61.9 Å². The van der Waals surface area contributed by atoms with Gasteiger partial charge in [-0.2, -0.15) is 0 Å². The molecule has 0 atom stereocenters. The van der Waals surface area contributed by atoms with E-state index >= 15 is 0 Å². The number of carbonyl (C=O) groups is 1. The average molecular weight is 250 g/mol. The lowest BCUT2D eigenvalue weighted by atomic mass is 9.94. The molecule has 1 saturated heterocycles. The number of aromatic nitrogens is 3. The number of hydrogen-bond acceptors (Lipinski definition) is 3. The molecule has 1 N–H and O–H groups in total. The molecule has 0 aliphatic carbocycles. The Hall–Kier alpha value is -1.39. The summed E-state index contributed by atoms with van der Waals surface area (Å²) >= 11 is 0. The molecule has 2 rings (SSSR count). The summed E-state index contributed by atoms with van der Waals surface area (Å²) in [5.74, 6) is 1.89. The Morgan fingerprint density at radius 3 is 2.72 bits per heavy atom. The van der Waals surface area contributed by atoms with Crippen LogP contribution in [0.15, 0.2) is 0 Å². The predicted molar refractivity (Wildman–Crippen MR) is 69.3 cm³/mol. The molecular formula is C13H22N4O. The zero-order chi connectivity index (χ0) is 13.0. The van der Waals surface area contributed by atoms with E-state index in [1.165, 1.54) is 6.42 Å². The van der Waals surface area contributed by atoms with Crippen molar-refractivity contribution < 1.29 is 4.79 Å².